The van der Waals surface area contributed by atoms with Crippen molar-refractivity contribution in [3.8, 4) is 0 Å². The molecule has 4 heteroatoms. The minimum atomic E-state index is -3.28. The van der Waals surface area contributed by atoms with Gasteiger partial charge in [-0.25, -0.2) is 0 Å². The van der Waals surface area contributed by atoms with E-state index in [1.165, 1.54) is 18.4 Å². The molecule has 0 rings (SSSR count). The van der Waals surface area contributed by atoms with E-state index in [9.17, 15) is 8.42 Å². The van der Waals surface area contributed by atoms with Gasteiger partial charge in [0, 0.05) is 0 Å². The first-order chi connectivity index (χ1) is 6.99. The summed E-state index contributed by atoms with van der Waals surface area (Å²) in [5, 5.41) is 0. The number of hydrogen-bond donors (Lipinski definition) is 0. The van der Waals surface area contributed by atoms with Crippen LogP contribution >= 0.6 is 0 Å². The van der Waals surface area contributed by atoms with Gasteiger partial charge in [0.25, 0.3) is 10.1 Å². The van der Waals surface area contributed by atoms with E-state index in [1.54, 1.807) is 0 Å². The van der Waals surface area contributed by atoms with Gasteiger partial charge >= 0.3 is 0 Å². The molecule has 0 aliphatic carbocycles. The Kier molecular flexibility index (Phi) is 7.70. The molecule has 0 spiro atoms. The van der Waals surface area contributed by atoms with E-state index in [4.69, 9.17) is 4.18 Å². The largest absolute Gasteiger partial charge is 0.270 e. The molecule has 0 unspecified atom stereocenters. The molecule has 0 heterocycles. The first kappa shape index (κ1) is 14.6. The summed E-state index contributed by atoms with van der Waals surface area (Å²) in [6, 6.07) is 0. The van der Waals surface area contributed by atoms with Crippen LogP contribution in [0.4, 0.5) is 0 Å². The van der Waals surface area contributed by atoms with Gasteiger partial charge in [-0.3, -0.25) is 4.18 Å². The van der Waals surface area contributed by atoms with Crippen molar-refractivity contribution in [3.63, 3.8) is 0 Å². The van der Waals surface area contributed by atoms with E-state index in [2.05, 4.69) is 19.9 Å². The van der Waals surface area contributed by atoms with Crippen molar-refractivity contribution in [3.05, 3.63) is 11.6 Å². The molecule has 0 aromatic carbocycles. The van der Waals surface area contributed by atoms with E-state index >= 15 is 0 Å². The van der Waals surface area contributed by atoms with Crippen LogP contribution in [0.15, 0.2) is 11.6 Å². The smallest absolute Gasteiger partial charge is 0.264 e. The summed E-state index contributed by atoms with van der Waals surface area (Å²) in [6.45, 7) is 4.51. The Morgan fingerprint density at radius 2 is 2.00 bits per heavy atom. The van der Waals surface area contributed by atoms with Crippen LogP contribution in [0, 0.1) is 0 Å². The maximum Gasteiger partial charge on any atom is 0.264 e. The minimum Gasteiger partial charge on any atom is -0.270 e. The molecule has 0 aliphatic heterocycles. The highest BCUT2D eigenvalue weighted by molar-refractivity contribution is 7.85. The van der Waals surface area contributed by atoms with E-state index < -0.39 is 10.1 Å². The lowest BCUT2D eigenvalue weighted by Gasteiger charge is -2.04. The molecule has 0 N–H and O–H groups in total. The third-order valence-corrected chi connectivity index (χ3v) is 2.76. The predicted octanol–water partition coefficient (Wildman–Crippen LogP) is 2.88. The first-order valence-corrected chi connectivity index (χ1v) is 7.33. The van der Waals surface area contributed by atoms with Gasteiger partial charge in [-0.05, 0) is 19.3 Å². The molecule has 0 atom stereocenters. The summed E-state index contributed by atoms with van der Waals surface area (Å²) in [7, 11) is -3.28. The zero-order valence-corrected chi connectivity index (χ0v) is 10.8. The molecule has 0 bridgehead atoms. The fraction of sp³-hybridized carbons (Fsp3) is 0.818. The summed E-state index contributed by atoms with van der Waals surface area (Å²) in [4.78, 5) is 0. The fourth-order valence-corrected chi connectivity index (χ4v) is 1.64. The summed E-state index contributed by atoms with van der Waals surface area (Å²) >= 11 is 0. The Morgan fingerprint density at radius 1 is 1.33 bits per heavy atom. The summed E-state index contributed by atoms with van der Waals surface area (Å²) < 4.78 is 26.1. The molecular formula is C11H22O3S. The van der Waals surface area contributed by atoms with Crippen LogP contribution in [0.5, 0.6) is 0 Å². The molecular weight excluding hydrogens is 212 g/mol. The average molecular weight is 234 g/mol. The van der Waals surface area contributed by atoms with Gasteiger partial charge in [0.2, 0.25) is 0 Å². The minimum absolute atomic E-state index is 0.268. The second kappa shape index (κ2) is 7.88. The Labute approximate surface area is 93.6 Å². The molecule has 0 radical (unpaired) electrons. The van der Waals surface area contributed by atoms with Gasteiger partial charge < -0.3 is 0 Å². The molecule has 0 amide bonds. The number of allylic oxidation sites excluding steroid dienone is 1. The van der Waals surface area contributed by atoms with Crippen LogP contribution in [-0.4, -0.2) is 21.3 Å². The third kappa shape index (κ3) is 9.94. The number of hydrogen-bond acceptors (Lipinski definition) is 3. The highest BCUT2D eigenvalue weighted by atomic mass is 32.2. The van der Waals surface area contributed by atoms with Gasteiger partial charge in [-0.2, -0.15) is 8.42 Å². The highest BCUT2D eigenvalue weighted by Crippen LogP contribution is 2.10. The van der Waals surface area contributed by atoms with Crippen molar-refractivity contribution in [2.24, 2.45) is 0 Å². The Balaban J connectivity index is 3.85. The fourth-order valence-electron chi connectivity index (χ4n) is 1.26. The molecule has 0 saturated carbocycles. The van der Waals surface area contributed by atoms with Gasteiger partial charge in [-0.15, -0.1) is 0 Å². The zero-order valence-electron chi connectivity index (χ0n) is 9.95. The van der Waals surface area contributed by atoms with Crippen LogP contribution in [0.3, 0.4) is 0 Å². The first-order valence-electron chi connectivity index (χ1n) is 5.52. The van der Waals surface area contributed by atoms with Gasteiger partial charge in [-0.1, -0.05) is 38.3 Å². The molecule has 15 heavy (non-hydrogen) atoms. The van der Waals surface area contributed by atoms with E-state index in [0.29, 0.717) is 6.42 Å². The SMILES string of the molecule is CCCC/C=C(\CC)CCOS(C)(=O)=O. The quantitative estimate of drug-likeness (QED) is 0.368. The van der Waals surface area contributed by atoms with Crippen molar-refractivity contribution in [1.29, 1.82) is 0 Å². The van der Waals surface area contributed by atoms with Crippen LogP contribution in [0.1, 0.15) is 46.0 Å². The lowest BCUT2D eigenvalue weighted by atomic mass is 10.1. The summed E-state index contributed by atoms with van der Waals surface area (Å²) in [5.74, 6) is 0. The summed E-state index contributed by atoms with van der Waals surface area (Å²) in [5.41, 5.74) is 1.28. The topological polar surface area (TPSA) is 43.4 Å². The maximum absolute atomic E-state index is 10.7. The standard InChI is InChI=1S/C11H22O3S/c1-4-6-7-8-11(5-2)9-10-14-15(3,12)13/h8H,4-7,9-10H2,1-3H3/b11-8+. The summed E-state index contributed by atoms with van der Waals surface area (Å²) in [6.07, 6.45) is 8.43. The van der Waals surface area contributed by atoms with E-state index in [0.717, 1.165) is 19.1 Å². The predicted molar refractivity (Wildman–Crippen MR) is 63.3 cm³/mol. The van der Waals surface area contributed by atoms with Crippen molar-refractivity contribution in [1.82, 2.24) is 0 Å². The van der Waals surface area contributed by atoms with Crippen LogP contribution in [0.2, 0.25) is 0 Å². The molecule has 3 nitrogen and oxygen atoms in total. The molecule has 0 aliphatic rings. The average Bonchev–Trinajstić information content (AvgIpc) is 2.14. The molecule has 90 valence electrons. The lowest BCUT2D eigenvalue weighted by molar-refractivity contribution is 0.324. The van der Waals surface area contributed by atoms with Crippen LogP contribution in [-0.2, 0) is 14.3 Å². The van der Waals surface area contributed by atoms with Gasteiger partial charge in [0.05, 0.1) is 12.9 Å². The highest BCUT2D eigenvalue weighted by Gasteiger charge is 2.02. The second-order valence-corrected chi connectivity index (χ2v) is 5.28. The third-order valence-electron chi connectivity index (χ3n) is 2.17. The Bertz CT molecular complexity index is 278. The Morgan fingerprint density at radius 3 is 2.47 bits per heavy atom. The monoisotopic (exact) mass is 234 g/mol. The van der Waals surface area contributed by atoms with E-state index in [1.807, 2.05) is 0 Å². The van der Waals surface area contributed by atoms with Gasteiger partial charge in [0.15, 0.2) is 0 Å². The Hall–Kier alpha value is -0.350. The van der Waals surface area contributed by atoms with Crippen molar-refractivity contribution < 1.29 is 12.6 Å². The maximum atomic E-state index is 10.7. The van der Waals surface area contributed by atoms with Gasteiger partial charge in [0.1, 0.15) is 0 Å². The second-order valence-electron chi connectivity index (χ2n) is 3.63. The van der Waals surface area contributed by atoms with Crippen molar-refractivity contribution in [2.45, 2.75) is 46.0 Å². The lowest BCUT2D eigenvalue weighted by Crippen LogP contribution is -2.04. The van der Waals surface area contributed by atoms with Crippen molar-refractivity contribution >= 4 is 10.1 Å². The molecule has 0 aromatic rings. The molecule has 0 fully saturated rings. The molecule has 0 saturated heterocycles. The molecule has 0 aromatic heterocycles. The normalized spacial score (nSPS) is 13.1. The zero-order chi connectivity index (χ0) is 11.7. The number of unbranched alkanes of at least 4 members (excludes halogenated alkanes) is 2. The van der Waals surface area contributed by atoms with Crippen molar-refractivity contribution in [2.75, 3.05) is 12.9 Å². The van der Waals surface area contributed by atoms with Crippen LogP contribution < -0.4 is 0 Å². The van der Waals surface area contributed by atoms with Crippen LogP contribution in [0.25, 0.3) is 0 Å². The van der Waals surface area contributed by atoms with E-state index in [-0.39, 0.29) is 6.61 Å². The number of rotatable bonds is 8.